The molecule has 0 radical (unpaired) electrons. The molecule has 0 unspecified atom stereocenters. The Labute approximate surface area is 132 Å². The molecule has 1 aromatic heterocycles. The van der Waals surface area contributed by atoms with E-state index in [-0.39, 0.29) is 11.3 Å². The second-order valence-electron chi connectivity index (χ2n) is 6.58. The minimum Gasteiger partial charge on any atom is -0.378 e. The van der Waals surface area contributed by atoms with Crippen LogP contribution in [0.25, 0.3) is 0 Å². The van der Waals surface area contributed by atoms with Crippen molar-refractivity contribution in [3.63, 3.8) is 0 Å². The lowest BCUT2D eigenvalue weighted by Gasteiger charge is -2.18. The quantitative estimate of drug-likeness (QED) is 0.939. The van der Waals surface area contributed by atoms with Gasteiger partial charge < -0.3 is 10.2 Å². The van der Waals surface area contributed by atoms with Crippen LogP contribution in [-0.4, -0.2) is 25.0 Å². The largest absolute Gasteiger partial charge is 0.378 e. The molecule has 4 heteroatoms. The van der Waals surface area contributed by atoms with E-state index >= 15 is 0 Å². The van der Waals surface area contributed by atoms with Crippen LogP contribution in [0.4, 0.5) is 11.4 Å². The molecular weight excluding hydrogens is 274 g/mol. The zero-order chi connectivity index (χ0) is 16.3. The summed E-state index contributed by atoms with van der Waals surface area (Å²) in [5.74, 6) is -0.114. The van der Waals surface area contributed by atoms with Gasteiger partial charge in [0.25, 0.3) is 5.91 Å². The minimum atomic E-state index is -0.114. The Morgan fingerprint density at radius 2 is 1.73 bits per heavy atom. The van der Waals surface area contributed by atoms with Gasteiger partial charge in [-0.25, -0.2) is 0 Å². The van der Waals surface area contributed by atoms with Crippen LogP contribution in [0.5, 0.6) is 0 Å². The van der Waals surface area contributed by atoms with Gasteiger partial charge in [0, 0.05) is 48.3 Å². The zero-order valence-electron chi connectivity index (χ0n) is 13.8. The standard InChI is InChI=1S/C18H23N3O/c1-18(2,3)16-12-14(10-11-19-16)20-17(22)13-6-8-15(9-7-13)21(4)5/h6-12H,1-5H3,(H,19,20,22). The van der Waals surface area contributed by atoms with Gasteiger partial charge in [-0.2, -0.15) is 0 Å². The summed E-state index contributed by atoms with van der Waals surface area (Å²) >= 11 is 0. The molecule has 0 spiro atoms. The summed E-state index contributed by atoms with van der Waals surface area (Å²) in [6, 6.07) is 11.3. The maximum absolute atomic E-state index is 12.3. The molecule has 2 aromatic rings. The molecule has 116 valence electrons. The topological polar surface area (TPSA) is 45.2 Å². The van der Waals surface area contributed by atoms with Crippen molar-refractivity contribution in [3.05, 3.63) is 53.9 Å². The molecule has 22 heavy (non-hydrogen) atoms. The van der Waals surface area contributed by atoms with E-state index in [1.54, 1.807) is 12.3 Å². The number of carbonyl (C=O) groups excluding carboxylic acids is 1. The lowest BCUT2D eigenvalue weighted by Crippen LogP contribution is -2.16. The first kappa shape index (κ1) is 16.0. The van der Waals surface area contributed by atoms with Crippen molar-refractivity contribution < 1.29 is 4.79 Å². The van der Waals surface area contributed by atoms with E-state index in [2.05, 4.69) is 31.1 Å². The molecule has 2 rings (SSSR count). The Morgan fingerprint density at radius 1 is 1.09 bits per heavy atom. The summed E-state index contributed by atoms with van der Waals surface area (Å²) in [6.07, 6.45) is 1.73. The number of rotatable bonds is 3. The fourth-order valence-corrected chi connectivity index (χ4v) is 2.03. The van der Waals surface area contributed by atoms with Crippen LogP contribution in [0.3, 0.4) is 0 Å². The second-order valence-corrected chi connectivity index (χ2v) is 6.58. The molecule has 0 fully saturated rings. The Balaban J connectivity index is 2.15. The summed E-state index contributed by atoms with van der Waals surface area (Å²) in [4.78, 5) is 18.7. The fourth-order valence-electron chi connectivity index (χ4n) is 2.03. The molecule has 0 saturated heterocycles. The summed E-state index contributed by atoms with van der Waals surface area (Å²) in [5, 5.41) is 2.93. The lowest BCUT2D eigenvalue weighted by atomic mass is 9.91. The molecule has 1 N–H and O–H groups in total. The van der Waals surface area contributed by atoms with Crippen LogP contribution in [-0.2, 0) is 5.41 Å². The van der Waals surface area contributed by atoms with Gasteiger partial charge in [0.05, 0.1) is 0 Å². The van der Waals surface area contributed by atoms with Crippen molar-refractivity contribution in [1.29, 1.82) is 0 Å². The normalized spacial score (nSPS) is 11.1. The third kappa shape index (κ3) is 3.85. The number of hydrogen-bond acceptors (Lipinski definition) is 3. The minimum absolute atomic E-state index is 0.0475. The Bertz CT molecular complexity index is 655. The van der Waals surface area contributed by atoms with Crippen LogP contribution in [0, 0.1) is 0 Å². The number of benzene rings is 1. The highest BCUT2D eigenvalue weighted by Crippen LogP contribution is 2.22. The first-order chi connectivity index (χ1) is 10.3. The number of nitrogens with zero attached hydrogens (tertiary/aromatic N) is 2. The summed E-state index contributed by atoms with van der Waals surface area (Å²) in [7, 11) is 3.94. The molecule has 0 aliphatic rings. The number of aromatic nitrogens is 1. The summed E-state index contributed by atoms with van der Waals surface area (Å²) in [6.45, 7) is 6.29. The predicted molar refractivity (Wildman–Crippen MR) is 91.7 cm³/mol. The number of carbonyl (C=O) groups is 1. The van der Waals surface area contributed by atoms with Crippen molar-refractivity contribution in [2.75, 3.05) is 24.3 Å². The van der Waals surface area contributed by atoms with Crippen molar-refractivity contribution in [1.82, 2.24) is 4.98 Å². The first-order valence-electron chi connectivity index (χ1n) is 7.32. The van der Waals surface area contributed by atoms with Crippen molar-refractivity contribution >= 4 is 17.3 Å². The second kappa shape index (κ2) is 6.18. The number of pyridine rings is 1. The van der Waals surface area contributed by atoms with Crippen LogP contribution in [0.15, 0.2) is 42.6 Å². The van der Waals surface area contributed by atoms with E-state index in [4.69, 9.17) is 0 Å². The molecule has 0 saturated carbocycles. The summed E-state index contributed by atoms with van der Waals surface area (Å²) < 4.78 is 0. The average Bonchev–Trinajstić information content (AvgIpc) is 2.46. The van der Waals surface area contributed by atoms with Crippen molar-refractivity contribution in [3.8, 4) is 0 Å². The fraction of sp³-hybridized carbons (Fsp3) is 0.333. The van der Waals surface area contributed by atoms with Crippen molar-refractivity contribution in [2.45, 2.75) is 26.2 Å². The van der Waals surface area contributed by atoms with Gasteiger partial charge in [-0.3, -0.25) is 9.78 Å². The van der Waals surface area contributed by atoms with Crippen LogP contribution in [0.2, 0.25) is 0 Å². The first-order valence-corrected chi connectivity index (χ1v) is 7.32. The molecule has 0 bridgehead atoms. The number of anilines is 2. The Hall–Kier alpha value is -2.36. The highest BCUT2D eigenvalue weighted by Gasteiger charge is 2.16. The molecule has 0 atom stereocenters. The van der Waals surface area contributed by atoms with E-state index < -0.39 is 0 Å². The molecule has 0 aliphatic carbocycles. The third-order valence-electron chi connectivity index (χ3n) is 3.43. The van der Waals surface area contributed by atoms with E-state index in [9.17, 15) is 4.79 Å². The molecule has 4 nitrogen and oxygen atoms in total. The molecular formula is C18H23N3O. The maximum Gasteiger partial charge on any atom is 0.255 e. The summed E-state index contributed by atoms with van der Waals surface area (Å²) in [5.41, 5.74) is 3.37. The van der Waals surface area contributed by atoms with Gasteiger partial charge in [-0.05, 0) is 36.4 Å². The van der Waals surface area contributed by atoms with E-state index in [0.717, 1.165) is 17.1 Å². The number of hydrogen-bond donors (Lipinski definition) is 1. The number of nitrogens with one attached hydrogen (secondary N) is 1. The average molecular weight is 297 g/mol. The molecule has 0 aliphatic heterocycles. The monoisotopic (exact) mass is 297 g/mol. The van der Waals surface area contributed by atoms with Crippen LogP contribution >= 0.6 is 0 Å². The predicted octanol–water partition coefficient (Wildman–Crippen LogP) is 3.70. The lowest BCUT2D eigenvalue weighted by molar-refractivity contribution is 0.102. The Kier molecular flexibility index (Phi) is 4.50. The van der Waals surface area contributed by atoms with E-state index in [1.165, 1.54) is 0 Å². The van der Waals surface area contributed by atoms with E-state index in [1.807, 2.05) is 49.3 Å². The molecule has 1 heterocycles. The number of amides is 1. The van der Waals surface area contributed by atoms with Crippen molar-refractivity contribution in [2.24, 2.45) is 0 Å². The smallest absolute Gasteiger partial charge is 0.255 e. The van der Waals surface area contributed by atoms with Gasteiger partial charge in [0.1, 0.15) is 0 Å². The van der Waals surface area contributed by atoms with Gasteiger partial charge in [-0.15, -0.1) is 0 Å². The van der Waals surface area contributed by atoms with Crippen LogP contribution in [0.1, 0.15) is 36.8 Å². The third-order valence-corrected chi connectivity index (χ3v) is 3.43. The Morgan fingerprint density at radius 3 is 2.27 bits per heavy atom. The highest BCUT2D eigenvalue weighted by atomic mass is 16.1. The molecule has 1 aromatic carbocycles. The van der Waals surface area contributed by atoms with Crippen LogP contribution < -0.4 is 10.2 Å². The molecule has 1 amide bonds. The van der Waals surface area contributed by atoms with Gasteiger partial charge in [0.2, 0.25) is 0 Å². The van der Waals surface area contributed by atoms with E-state index in [0.29, 0.717) is 5.56 Å². The SMILES string of the molecule is CN(C)c1ccc(C(=O)Nc2ccnc(C(C)(C)C)c2)cc1. The van der Waals surface area contributed by atoms with Gasteiger partial charge >= 0.3 is 0 Å². The van der Waals surface area contributed by atoms with Gasteiger partial charge in [0.15, 0.2) is 0 Å². The highest BCUT2D eigenvalue weighted by molar-refractivity contribution is 6.04. The van der Waals surface area contributed by atoms with Gasteiger partial charge in [-0.1, -0.05) is 20.8 Å². The maximum atomic E-state index is 12.3. The zero-order valence-corrected chi connectivity index (χ0v) is 13.8.